The maximum atomic E-state index is 14.5. The number of benzene rings is 1. The van der Waals surface area contributed by atoms with Crippen molar-refractivity contribution in [1.29, 1.82) is 0 Å². The van der Waals surface area contributed by atoms with Crippen molar-refractivity contribution in [2.45, 2.75) is 36.5 Å². The van der Waals surface area contributed by atoms with E-state index in [1.165, 1.54) is 6.07 Å². The maximum absolute atomic E-state index is 14.5. The third kappa shape index (κ3) is 5.22. The van der Waals surface area contributed by atoms with Gasteiger partial charge in [-0.1, -0.05) is 17.8 Å². The molecule has 7 nitrogen and oxygen atoms in total. The Balaban J connectivity index is 1.10. The van der Waals surface area contributed by atoms with Gasteiger partial charge >= 0.3 is 6.18 Å². The second-order valence-corrected chi connectivity index (χ2v) is 10.8. The smallest absolute Gasteiger partial charge is 0.364 e. The van der Waals surface area contributed by atoms with Crippen molar-refractivity contribution in [1.82, 2.24) is 24.6 Å². The zero-order valence-corrected chi connectivity index (χ0v) is 20.9. The number of nitrogens with two attached hydrogens (primary N) is 1. The van der Waals surface area contributed by atoms with Crippen molar-refractivity contribution in [3.05, 3.63) is 59.2 Å². The lowest BCUT2D eigenvalue weighted by Crippen LogP contribution is -2.23. The van der Waals surface area contributed by atoms with Gasteiger partial charge in [-0.2, -0.15) is 13.2 Å². The summed E-state index contributed by atoms with van der Waals surface area (Å²) in [6.07, 6.45) is -0.317. The molecule has 1 amide bonds. The van der Waals surface area contributed by atoms with Gasteiger partial charge in [0.05, 0.1) is 5.56 Å². The van der Waals surface area contributed by atoms with Gasteiger partial charge in [0.2, 0.25) is 0 Å². The largest absolute Gasteiger partial charge is 0.416 e. The number of amides is 1. The molecule has 0 radical (unpaired) electrons. The first-order valence-corrected chi connectivity index (χ1v) is 12.9. The van der Waals surface area contributed by atoms with Gasteiger partial charge in [0.25, 0.3) is 5.91 Å². The molecular formula is C25H26F4N6OS. The van der Waals surface area contributed by atoms with Crippen molar-refractivity contribution < 1.29 is 22.4 Å². The number of aromatic nitrogens is 4. The molecule has 12 heteroatoms. The topological polar surface area (TPSA) is 89.9 Å². The van der Waals surface area contributed by atoms with Crippen molar-refractivity contribution in [3.8, 4) is 11.4 Å². The predicted octanol–water partition coefficient (Wildman–Crippen LogP) is 4.50. The summed E-state index contributed by atoms with van der Waals surface area (Å²) in [5.41, 5.74) is 5.59. The van der Waals surface area contributed by atoms with Gasteiger partial charge in [-0.15, -0.1) is 10.2 Å². The Bertz CT molecular complexity index is 1310. The van der Waals surface area contributed by atoms with Crippen molar-refractivity contribution in [2.75, 3.05) is 25.4 Å². The molecule has 1 saturated carbocycles. The van der Waals surface area contributed by atoms with Crippen LogP contribution >= 0.6 is 11.8 Å². The number of halogens is 4. The molecule has 2 aliphatic rings. The SMILES string of the molecule is Cn1c(SCCCN2CCC3(CC3c3ccc(C(F)(F)F)cc3F)C2)nnc1-c1ccc(C(N)=O)nc1. The molecule has 2 atom stereocenters. The van der Waals surface area contributed by atoms with Gasteiger partial charge in [0.1, 0.15) is 11.5 Å². The number of nitrogens with zero attached hydrogens (tertiary/aromatic N) is 5. The van der Waals surface area contributed by atoms with Gasteiger partial charge in [-0.25, -0.2) is 4.39 Å². The second kappa shape index (κ2) is 9.71. The fourth-order valence-electron chi connectivity index (χ4n) is 5.22. The minimum absolute atomic E-state index is 0.0160. The number of likely N-dealkylation sites (tertiary alicyclic amines) is 1. The fraction of sp³-hybridized carbons (Fsp3) is 0.440. The van der Waals surface area contributed by atoms with Crippen LogP contribution in [-0.2, 0) is 13.2 Å². The molecule has 1 aromatic carbocycles. The molecule has 5 rings (SSSR count). The summed E-state index contributed by atoms with van der Waals surface area (Å²) in [5, 5.41) is 9.27. The van der Waals surface area contributed by atoms with Crippen molar-refractivity contribution in [2.24, 2.45) is 18.2 Å². The number of thioether (sulfide) groups is 1. The highest BCUT2D eigenvalue weighted by atomic mass is 32.2. The van der Waals surface area contributed by atoms with Crippen LogP contribution in [0.25, 0.3) is 11.4 Å². The molecule has 196 valence electrons. The first-order chi connectivity index (χ1) is 17.6. The number of carbonyl (C=O) groups excluding carboxylic acids is 1. The number of hydrogen-bond acceptors (Lipinski definition) is 6. The Kier molecular flexibility index (Phi) is 6.73. The zero-order chi connectivity index (χ0) is 26.4. The number of rotatable bonds is 8. The van der Waals surface area contributed by atoms with Crippen LogP contribution < -0.4 is 5.73 Å². The van der Waals surface area contributed by atoms with E-state index in [1.54, 1.807) is 30.1 Å². The van der Waals surface area contributed by atoms with Gasteiger partial charge in [0, 0.05) is 31.1 Å². The van der Waals surface area contributed by atoms with Crippen LogP contribution in [0.2, 0.25) is 0 Å². The average molecular weight is 535 g/mol. The van der Waals surface area contributed by atoms with Crippen molar-refractivity contribution >= 4 is 17.7 Å². The van der Waals surface area contributed by atoms with E-state index in [-0.39, 0.29) is 17.0 Å². The Labute approximate surface area is 215 Å². The van der Waals surface area contributed by atoms with Gasteiger partial charge in [0.15, 0.2) is 11.0 Å². The van der Waals surface area contributed by atoms with Crippen LogP contribution in [0.1, 0.15) is 46.8 Å². The molecular weight excluding hydrogens is 508 g/mol. The van der Waals surface area contributed by atoms with Gasteiger partial charge < -0.3 is 15.2 Å². The van der Waals surface area contributed by atoms with E-state index in [0.29, 0.717) is 17.5 Å². The minimum atomic E-state index is -4.54. The lowest BCUT2D eigenvalue weighted by Gasteiger charge is -2.16. The molecule has 2 unspecified atom stereocenters. The Hall–Kier alpha value is -2.99. The third-order valence-corrected chi connectivity index (χ3v) is 8.42. The van der Waals surface area contributed by atoms with Crippen LogP contribution in [0.5, 0.6) is 0 Å². The molecule has 2 fully saturated rings. The summed E-state index contributed by atoms with van der Waals surface area (Å²) in [5.74, 6) is 0.119. The minimum Gasteiger partial charge on any atom is -0.364 e. The molecule has 3 heterocycles. The van der Waals surface area contributed by atoms with Crippen LogP contribution in [0.3, 0.4) is 0 Å². The Morgan fingerprint density at radius 1 is 1.24 bits per heavy atom. The number of primary amides is 1. The lowest BCUT2D eigenvalue weighted by molar-refractivity contribution is -0.137. The van der Waals surface area contributed by atoms with Gasteiger partial charge in [-0.05, 0) is 73.5 Å². The molecule has 0 bridgehead atoms. The molecule has 2 aromatic heterocycles. The lowest BCUT2D eigenvalue weighted by atomic mass is 9.97. The Morgan fingerprint density at radius 3 is 2.73 bits per heavy atom. The monoisotopic (exact) mass is 534 g/mol. The fourth-order valence-corrected chi connectivity index (χ4v) is 6.05. The first-order valence-electron chi connectivity index (χ1n) is 11.9. The molecule has 2 N–H and O–H groups in total. The first kappa shape index (κ1) is 25.7. The highest BCUT2D eigenvalue weighted by Gasteiger charge is 2.58. The van der Waals surface area contributed by atoms with E-state index >= 15 is 0 Å². The highest BCUT2D eigenvalue weighted by Crippen LogP contribution is 2.64. The van der Waals surface area contributed by atoms with Gasteiger partial charge in [-0.3, -0.25) is 9.78 Å². The number of pyridine rings is 1. The maximum Gasteiger partial charge on any atom is 0.416 e. The normalized spacial score (nSPS) is 21.6. The summed E-state index contributed by atoms with van der Waals surface area (Å²) in [7, 11) is 1.87. The van der Waals surface area contributed by atoms with Crippen LogP contribution in [0.15, 0.2) is 41.7 Å². The molecule has 1 aliphatic heterocycles. The summed E-state index contributed by atoms with van der Waals surface area (Å²) >= 11 is 1.60. The summed E-state index contributed by atoms with van der Waals surface area (Å²) in [6.45, 7) is 2.64. The number of alkyl halides is 3. The predicted molar refractivity (Wildman–Crippen MR) is 130 cm³/mol. The van der Waals surface area contributed by atoms with E-state index in [9.17, 15) is 22.4 Å². The third-order valence-electron chi connectivity index (χ3n) is 7.32. The van der Waals surface area contributed by atoms with E-state index in [4.69, 9.17) is 5.73 Å². The van der Waals surface area contributed by atoms with E-state index in [2.05, 4.69) is 20.1 Å². The van der Waals surface area contributed by atoms with Crippen LogP contribution in [0, 0.1) is 11.2 Å². The molecule has 1 spiro atoms. The molecule has 1 aliphatic carbocycles. The Morgan fingerprint density at radius 2 is 2.05 bits per heavy atom. The van der Waals surface area contributed by atoms with E-state index < -0.39 is 23.5 Å². The molecule has 3 aromatic rings. The average Bonchev–Trinajstić information content (AvgIpc) is 3.18. The van der Waals surface area contributed by atoms with Crippen molar-refractivity contribution in [3.63, 3.8) is 0 Å². The number of hydrogen-bond donors (Lipinski definition) is 1. The van der Waals surface area contributed by atoms with Crippen LogP contribution in [-0.4, -0.2) is 55.9 Å². The zero-order valence-electron chi connectivity index (χ0n) is 20.1. The van der Waals surface area contributed by atoms with Crippen LogP contribution in [0.4, 0.5) is 17.6 Å². The molecule has 1 saturated heterocycles. The summed E-state index contributed by atoms with van der Waals surface area (Å²) in [4.78, 5) is 17.6. The summed E-state index contributed by atoms with van der Waals surface area (Å²) in [6, 6.07) is 6.21. The highest BCUT2D eigenvalue weighted by molar-refractivity contribution is 7.99. The van der Waals surface area contributed by atoms with E-state index in [1.807, 2.05) is 11.6 Å². The summed E-state index contributed by atoms with van der Waals surface area (Å²) < 4.78 is 54.9. The van der Waals surface area contributed by atoms with E-state index in [0.717, 1.165) is 61.4 Å². The standard InChI is InChI=1S/C25H26F4N6OS/c1-34-22(15-3-6-20(21(30)36)31-13-15)32-33-23(34)37-10-2-8-35-9-7-24(14-35)12-18(24)17-5-4-16(11-19(17)26)25(27,28)29/h3-6,11,13,18H,2,7-10,12,14H2,1H3,(H2,30,36). The quantitative estimate of drug-likeness (QED) is 0.260. The second-order valence-electron chi connectivity index (χ2n) is 9.74. The number of carbonyl (C=O) groups is 1. The molecule has 37 heavy (non-hydrogen) atoms.